The van der Waals surface area contributed by atoms with Gasteiger partial charge >= 0.3 is 0 Å². The van der Waals surface area contributed by atoms with Gasteiger partial charge in [-0.15, -0.1) is 0 Å². The van der Waals surface area contributed by atoms with Gasteiger partial charge in [0.1, 0.15) is 11.5 Å². The van der Waals surface area contributed by atoms with Crippen LogP contribution in [0.2, 0.25) is 5.02 Å². The van der Waals surface area contributed by atoms with Gasteiger partial charge < -0.3 is 14.0 Å². The second-order valence-corrected chi connectivity index (χ2v) is 10.8. The van der Waals surface area contributed by atoms with Gasteiger partial charge in [-0.1, -0.05) is 11.6 Å². The summed E-state index contributed by atoms with van der Waals surface area (Å²) in [7, 11) is 0. The Morgan fingerprint density at radius 1 is 1.10 bits per heavy atom. The fraction of sp³-hybridized carbons (Fsp3) is 0.379. The van der Waals surface area contributed by atoms with Crippen LogP contribution >= 0.6 is 11.6 Å². The van der Waals surface area contributed by atoms with E-state index in [2.05, 4.69) is 4.98 Å². The Morgan fingerprint density at radius 3 is 2.67 bits per heavy atom. The Labute approximate surface area is 229 Å². The highest BCUT2D eigenvalue weighted by Crippen LogP contribution is 2.38. The predicted molar refractivity (Wildman–Crippen MR) is 145 cm³/mol. The van der Waals surface area contributed by atoms with Crippen molar-refractivity contribution in [2.45, 2.75) is 45.3 Å². The number of fused-ring (bicyclic) bond motifs is 1. The highest BCUT2D eigenvalue weighted by molar-refractivity contribution is 6.30. The first-order valence-electron chi connectivity index (χ1n) is 13.0. The van der Waals surface area contributed by atoms with Crippen LogP contribution in [-0.2, 0) is 16.0 Å². The van der Waals surface area contributed by atoms with Gasteiger partial charge in [0.05, 0.1) is 25.0 Å². The van der Waals surface area contributed by atoms with Crippen LogP contribution in [0.15, 0.2) is 52.3 Å². The van der Waals surface area contributed by atoms with E-state index < -0.39 is 5.82 Å². The van der Waals surface area contributed by atoms with Gasteiger partial charge in [0.25, 0.3) is 11.1 Å². The minimum Gasteiger partial charge on any atom is -0.381 e. The number of rotatable bonds is 5. The third-order valence-electron chi connectivity index (χ3n) is 7.73. The molecule has 202 valence electrons. The summed E-state index contributed by atoms with van der Waals surface area (Å²) in [6.07, 6.45) is 4.62. The van der Waals surface area contributed by atoms with E-state index in [1.165, 1.54) is 10.5 Å². The van der Waals surface area contributed by atoms with E-state index in [4.69, 9.17) is 26.1 Å². The molecule has 4 aromatic rings. The molecule has 2 atom stereocenters. The first-order chi connectivity index (χ1) is 18.8. The molecule has 0 bridgehead atoms. The molecule has 2 saturated heterocycles. The van der Waals surface area contributed by atoms with Crippen molar-refractivity contribution in [3.8, 4) is 11.3 Å². The Morgan fingerprint density at radius 2 is 1.92 bits per heavy atom. The monoisotopic (exact) mass is 550 g/mol. The Hall–Kier alpha value is -3.40. The van der Waals surface area contributed by atoms with E-state index in [9.17, 15) is 9.59 Å². The fourth-order valence-electron chi connectivity index (χ4n) is 5.26. The smallest absolute Gasteiger partial charge is 0.261 e. The van der Waals surface area contributed by atoms with E-state index in [0.29, 0.717) is 73.4 Å². The summed E-state index contributed by atoms with van der Waals surface area (Å²) >= 11 is 6.01. The van der Waals surface area contributed by atoms with E-state index in [1.54, 1.807) is 42.8 Å². The lowest BCUT2D eigenvalue weighted by Gasteiger charge is -2.31. The van der Waals surface area contributed by atoms with E-state index in [-0.39, 0.29) is 33.7 Å². The second kappa shape index (κ2) is 10.3. The molecule has 2 aliphatic heterocycles. The summed E-state index contributed by atoms with van der Waals surface area (Å²) in [4.78, 5) is 35.2. The molecule has 2 fully saturated rings. The lowest BCUT2D eigenvalue weighted by atomic mass is 9.90. The highest BCUT2D eigenvalue weighted by atomic mass is 35.5. The number of benzene rings is 1. The molecule has 0 saturated carbocycles. The van der Waals surface area contributed by atoms with E-state index in [1.807, 2.05) is 12.3 Å². The van der Waals surface area contributed by atoms with Crippen LogP contribution in [0.1, 0.15) is 47.4 Å². The number of nitrogens with zero attached hydrogens (tertiary/aromatic N) is 4. The predicted octanol–water partition coefficient (Wildman–Crippen LogP) is 4.61. The molecule has 0 aliphatic carbocycles. The van der Waals surface area contributed by atoms with E-state index >= 15 is 4.39 Å². The molecule has 0 spiro atoms. The van der Waals surface area contributed by atoms with Gasteiger partial charge in [0.2, 0.25) is 0 Å². The SMILES string of the molecule is Cc1nc2c(-c3ccc(Cl)cc3F)nc([C@H]3CCO[C@@H](c4ccc(=O)n(CC5COC5)c4)C3)cn2c(=O)c1C. The molecule has 10 heteroatoms. The molecule has 1 aromatic carbocycles. The number of halogens is 2. The maximum Gasteiger partial charge on any atom is 0.261 e. The summed E-state index contributed by atoms with van der Waals surface area (Å²) < 4.78 is 29.7. The Kier molecular flexibility index (Phi) is 6.82. The van der Waals surface area contributed by atoms with Crippen LogP contribution in [-0.4, -0.2) is 38.8 Å². The first kappa shape index (κ1) is 25.9. The summed E-state index contributed by atoms with van der Waals surface area (Å²) in [5, 5.41) is 0.271. The zero-order valence-corrected chi connectivity index (χ0v) is 22.4. The van der Waals surface area contributed by atoms with E-state index in [0.717, 1.165) is 5.56 Å². The third kappa shape index (κ3) is 4.90. The number of pyridine rings is 1. The van der Waals surface area contributed by atoms with Gasteiger partial charge in [-0.3, -0.25) is 14.0 Å². The Bertz CT molecular complexity index is 1700. The van der Waals surface area contributed by atoms with Gasteiger partial charge in [0, 0.05) is 65.3 Å². The van der Waals surface area contributed by atoms with Gasteiger partial charge in [0.15, 0.2) is 5.65 Å². The molecule has 0 unspecified atom stereocenters. The van der Waals surface area contributed by atoms with Crippen molar-refractivity contribution >= 4 is 17.2 Å². The fourth-order valence-corrected chi connectivity index (χ4v) is 5.42. The highest BCUT2D eigenvalue weighted by Gasteiger charge is 2.29. The summed E-state index contributed by atoms with van der Waals surface area (Å²) in [6.45, 7) is 5.91. The van der Waals surface area contributed by atoms with Crippen LogP contribution in [0.25, 0.3) is 16.9 Å². The first-order valence-corrected chi connectivity index (χ1v) is 13.4. The lowest BCUT2D eigenvalue weighted by Crippen LogP contribution is -2.35. The van der Waals surface area contributed by atoms with Crippen LogP contribution < -0.4 is 11.1 Å². The van der Waals surface area contributed by atoms with Crippen molar-refractivity contribution in [3.63, 3.8) is 0 Å². The topological polar surface area (TPSA) is 87.7 Å². The molecule has 0 radical (unpaired) electrons. The second-order valence-electron chi connectivity index (χ2n) is 10.4. The van der Waals surface area contributed by atoms with Crippen LogP contribution in [0.5, 0.6) is 0 Å². The van der Waals surface area contributed by atoms with Crippen molar-refractivity contribution in [1.29, 1.82) is 0 Å². The maximum absolute atomic E-state index is 15.1. The molecular weight excluding hydrogens is 523 g/mol. The lowest BCUT2D eigenvalue weighted by molar-refractivity contribution is -0.0400. The molecule has 8 nitrogen and oxygen atoms in total. The minimum absolute atomic E-state index is 0.0543. The third-order valence-corrected chi connectivity index (χ3v) is 7.96. The van der Waals surface area contributed by atoms with Crippen molar-refractivity contribution in [3.05, 3.63) is 96.8 Å². The number of ether oxygens (including phenoxy) is 2. The zero-order chi connectivity index (χ0) is 27.3. The van der Waals surface area contributed by atoms with Crippen molar-refractivity contribution < 1.29 is 13.9 Å². The van der Waals surface area contributed by atoms with Crippen molar-refractivity contribution in [1.82, 2.24) is 18.9 Å². The van der Waals surface area contributed by atoms with Crippen LogP contribution in [0.4, 0.5) is 4.39 Å². The largest absolute Gasteiger partial charge is 0.381 e. The molecule has 0 amide bonds. The molecule has 39 heavy (non-hydrogen) atoms. The molecule has 2 aliphatic rings. The average Bonchev–Trinajstić information content (AvgIpc) is 2.90. The molecule has 6 rings (SSSR count). The number of aromatic nitrogens is 4. The van der Waals surface area contributed by atoms with Crippen molar-refractivity contribution in [2.24, 2.45) is 5.92 Å². The zero-order valence-electron chi connectivity index (χ0n) is 21.7. The summed E-state index contributed by atoms with van der Waals surface area (Å²) in [6, 6.07) is 7.78. The van der Waals surface area contributed by atoms with Gasteiger partial charge in [-0.25, -0.2) is 14.4 Å². The molecule has 3 aromatic heterocycles. The summed E-state index contributed by atoms with van der Waals surface area (Å²) in [5.74, 6) is -0.257. The number of hydrogen-bond donors (Lipinski definition) is 0. The number of hydrogen-bond acceptors (Lipinski definition) is 6. The van der Waals surface area contributed by atoms with Crippen molar-refractivity contribution in [2.75, 3.05) is 19.8 Å². The normalized spacial score (nSPS) is 19.8. The standard InChI is InChI=1S/C29H28ClFN4O4/c1-16-17(2)32-28-27(22-5-4-21(30)10-23(22)31)33-24(13-35(28)29(16)37)19-7-8-39-25(9-19)20-3-6-26(36)34(12-20)11-18-14-38-15-18/h3-6,10,12-13,18-19,25H,7-9,11,14-15H2,1-2H3/t19-,25+/m0/s1. The molecule has 5 heterocycles. The summed E-state index contributed by atoms with van der Waals surface area (Å²) in [5.41, 5.74) is 3.21. The number of aryl methyl sites for hydroxylation is 1. The Balaban J connectivity index is 1.40. The van der Waals surface area contributed by atoms with Crippen LogP contribution in [0, 0.1) is 25.6 Å². The maximum atomic E-state index is 15.1. The van der Waals surface area contributed by atoms with Gasteiger partial charge in [-0.2, -0.15) is 0 Å². The molecular formula is C29H28ClFN4O4. The minimum atomic E-state index is -0.537. The average molecular weight is 551 g/mol. The van der Waals surface area contributed by atoms with Crippen LogP contribution in [0.3, 0.4) is 0 Å². The molecule has 0 N–H and O–H groups in total. The quantitative estimate of drug-likeness (QED) is 0.361. The van der Waals surface area contributed by atoms with Gasteiger partial charge in [-0.05, 0) is 56.5 Å².